The van der Waals surface area contributed by atoms with Gasteiger partial charge in [0.05, 0.1) is 11.5 Å². The van der Waals surface area contributed by atoms with Gasteiger partial charge in [-0.2, -0.15) is 0 Å². The van der Waals surface area contributed by atoms with Gasteiger partial charge in [-0.25, -0.2) is 4.98 Å². The summed E-state index contributed by atoms with van der Waals surface area (Å²) in [7, 11) is 1.60. The Morgan fingerprint density at radius 1 is 1.50 bits per heavy atom. The van der Waals surface area contributed by atoms with Gasteiger partial charge in [0.15, 0.2) is 0 Å². The van der Waals surface area contributed by atoms with Gasteiger partial charge in [0, 0.05) is 26.2 Å². The zero-order chi connectivity index (χ0) is 14.7. The van der Waals surface area contributed by atoms with E-state index in [0.29, 0.717) is 0 Å². The fourth-order valence-corrected chi connectivity index (χ4v) is 2.22. The number of anilines is 2. The Bertz CT molecular complexity index is 528. The number of amides is 1. The molecule has 1 saturated heterocycles. The summed E-state index contributed by atoms with van der Waals surface area (Å²) in [4.78, 5) is 29.7. The number of carbonyl (C=O) groups is 1. The molecule has 0 spiro atoms. The van der Waals surface area contributed by atoms with E-state index in [1.165, 1.54) is 17.0 Å². The van der Waals surface area contributed by atoms with Crippen molar-refractivity contribution in [3.8, 4) is 0 Å². The third-order valence-corrected chi connectivity index (χ3v) is 3.27. The number of likely N-dealkylation sites (N-methyl/N-ethyl adjacent to an activating group) is 1. The molecule has 0 unspecified atom stereocenters. The molecule has 20 heavy (non-hydrogen) atoms. The van der Waals surface area contributed by atoms with Crippen LogP contribution in [0.2, 0.25) is 0 Å². The molecule has 1 aliphatic rings. The van der Waals surface area contributed by atoms with E-state index in [9.17, 15) is 14.9 Å². The van der Waals surface area contributed by atoms with E-state index in [0.717, 1.165) is 25.9 Å². The zero-order valence-electron chi connectivity index (χ0n) is 11.3. The molecule has 8 heteroatoms. The van der Waals surface area contributed by atoms with Gasteiger partial charge in [0.25, 0.3) is 0 Å². The maximum atomic E-state index is 12.1. The third-order valence-electron chi connectivity index (χ3n) is 3.27. The summed E-state index contributed by atoms with van der Waals surface area (Å²) in [5.41, 5.74) is 5.41. The van der Waals surface area contributed by atoms with Crippen LogP contribution >= 0.6 is 0 Å². The molecule has 1 aliphatic heterocycles. The molecule has 2 N–H and O–H groups in total. The van der Waals surface area contributed by atoms with E-state index in [-0.39, 0.29) is 29.8 Å². The van der Waals surface area contributed by atoms with Crippen LogP contribution in [0.4, 0.5) is 17.3 Å². The second kappa shape index (κ2) is 5.72. The first-order valence-electron chi connectivity index (χ1n) is 6.39. The van der Waals surface area contributed by atoms with Gasteiger partial charge in [-0.05, 0) is 18.9 Å². The molecule has 0 atom stereocenters. The zero-order valence-corrected chi connectivity index (χ0v) is 11.3. The molecule has 108 valence electrons. The molecule has 8 nitrogen and oxygen atoms in total. The van der Waals surface area contributed by atoms with Crippen LogP contribution < -0.4 is 10.6 Å². The normalized spacial score (nSPS) is 14.3. The number of nitrogen functional groups attached to an aromatic ring is 1. The quantitative estimate of drug-likeness (QED) is 0.640. The Balaban J connectivity index is 2.15. The maximum absolute atomic E-state index is 12.1. The fourth-order valence-electron chi connectivity index (χ4n) is 2.22. The van der Waals surface area contributed by atoms with E-state index in [1.54, 1.807) is 11.9 Å². The number of hydrogen-bond acceptors (Lipinski definition) is 6. The SMILES string of the molecule is CN(CC(=O)N1CCCC1)c1nc(N)ccc1[N+](=O)[O-]. The molecule has 2 heterocycles. The molecule has 0 aromatic carbocycles. The lowest BCUT2D eigenvalue weighted by Crippen LogP contribution is -2.37. The number of pyridine rings is 1. The number of nitro groups is 1. The Labute approximate surface area is 116 Å². The topological polar surface area (TPSA) is 106 Å². The van der Waals surface area contributed by atoms with Crippen molar-refractivity contribution in [3.05, 3.63) is 22.2 Å². The lowest BCUT2D eigenvalue weighted by atomic mass is 10.3. The maximum Gasteiger partial charge on any atom is 0.311 e. The van der Waals surface area contributed by atoms with E-state index >= 15 is 0 Å². The van der Waals surface area contributed by atoms with Crippen LogP contribution in [0.15, 0.2) is 12.1 Å². The van der Waals surface area contributed by atoms with Gasteiger partial charge in [-0.1, -0.05) is 0 Å². The Hall–Kier alpha value is -2.38. The third kappa shape index (κ3) is 2.95. The van der Waals surface area contributed by atoms with Crippen LogP contribution in [-0.4, -0.2) is 47.4 Å². The van der Waals surface area contributed by atoms with Crippen molar-refractivity contribution in [2.75, 3.05) is 37.3 Å². The fraction of sp³-hybridized carbons (Fsp3) is 0.500. The molecule has 0 radical (unpaired) electrons. The Kier molecular flexibility index (Phi) is 4.02. The molecule has 2 rings (SSSR count). The van der Waals surface area contributed by atoms with Crippen LogP contribution in [-0.2, 0) is 4.79 Å². The first kappa shape index (κ1) is 14.0. The molecular formula is C12H17N5O3. The van der Waals surface area contributed by atoms with Crippen molar-refractivity contribution in [1.82, 2.24) is 9.88 Å². The van der Waals surface area contributed by atoms with Crippen LogP contribution in [0, 0.1) is 10.1 Å². The number of hydrogen-bond donors (Lipinski definition) is 1. The number of likely N-dealkylation sites (tertiary alicyclic amines) is 1. The number of nitrogens with two attached hydrogens (primary N) is 1. The second-order valence-electron chi connectivity index (χ2n) is 4.78. The smallest absolute Gasteiger partial charge is 0.311 e. The van der Waals surface area contributed by atoms with Crippen molar-refractivity contribution in [2.24, 2.45) is 0 Å². The highest BCUT2D eigenvalue weighted by Gasteiger charge is 2.24. The Morgan fingerprint density at radius 2 is 2.15 bits per heavy atom. The molecule has 1 amide bonds. The van der Waals surface area contributed by atoms with Gasteiger partial charge in [-0.15, -0.1) is 0 Å². The second-order valence-corrected chi connectivity index (χ2v) is 4.78. The van der Waals surface area contributed by atoms with Crippen molar-refractivity contribution in [1.29, 1.82) is 0 Å². The molecule has 1 fully saturated rings. The number of rotatable bonds is 4. The van der Waals surface area contributed by atoms with E-state index in [4.69, 9.17) is 5.73 Å². The van der Waals surface area contributed by atoms with E-state index in [1.807, 2.05) is 0 Å². The van der Waals surface area contributed by atoms with Crippen LogP contribution in [0.5, 0.6) is 0 Å². The average Bonchev–Trinajstić information content (AvgIpc) is 2.92. The molecule has 1 aromatic heterocycles. The predicted molar refractivity (Wildman–Crippen MR) is 74.4 cm³/mol. The summed E-state index contributed by atoms with van der Waals surface area (Å²) in [6, 6.07) is 2.67. The van der Waals surface area contributed by atoms with Crippen molar-refractivity contribution in [2.45, 2.75) is 12.8 Å². The summed E-state index contributed by atoms with van der Waals surface area (Å²) in [6.07, 6.45) is 2.01. The highest BCUT2D eigenvalue weighted by atomic mass is 16.6. The van der Waals surface area contributed by atoms with Crippen molar-refractivity contribution in [3.63, 3.8) is 0 Å². The number of nitrogens with zero attached hydrogens (tertiary/aromatic N) is 4. The van der Waals surface area contributed by atoms with Crippen LogP contribution in [0.25, 0.3) is 0 Å². The standard InChI is InChI=1S/C12H17N5O3/c1-15(8-11(18)16-6-2-3-7-16)12-9(17(19)20)4-5-10(13)14-12/h4-5H,2-3,6-8H2,1H3,(H2,13,14). The van der Waals surface area contributed by atoms with Gasteiger partial charge in [0.2, 0.25) is 11.7 Å². The predicted octanol–water partition coefficient (Wildman–Crippen LogP) is 0.631. The number of carbonyl (C=O) groups excluding carboxylic acids is 1. The highest BCUT2D eigenvalue weighted by Crippen LogP contribution is 2.26. The van der Waals surface area contributed by atoms with Gasteiger partial charge >= 0.3 is 5.69 Å². The largest absolute Gasteiger partial charge is 0.384 e. The molecule has 0 bridgehead atoms. The van der Waals surface area contributed by atoms with Crippen molar-refractivity contribution >= 4 is 23.2 Å². The summed E-state index contributed by atoms with van der Waals surface area (Å²) in [6.45, 7) is 1.55. The molecular weight excluding hydrogens is 262 g/mol. The van der Waals surface area contributed by atoms with Crippen LogP contribution in [0.3, 0.4) is 0 Å². The molecule has 0 aliphatic carbocycles. The van der Waals surface area contributed by atoms with Gasteiger partial charge in [-0.3, -0.25) is 14.9 Å². The van der Waals surface area contributed by atoms with Crippen molar-refractivity contribution < 1.29 is 9.72 Å². The summed E-state index contributed by atoms with van der Waals surface area (Å²) < 4.78 is 0. The Morgan fingerprint density at radius 3 is 2.75 bits per heavy atom. The van der Waals surface area contributed by atoms with E-state index in [2.05, 4.69) is 4.98 Å². The first-order valence-corrected chi connectivity index (χ1v) is 6.39. The van der Waals surface area contributed by atoms with Gasteiger partial charge < -0.3 is 15.5 Å². The minimum atomic E-state index is -0.529. The van der Waals surface area contributed by atoms with Crippen LogP contribution in [0.1, 0.15) is 12.8 Å². The lowest BCUT2D eigenvalue weighted by Gasteiger charge is -2.21. The minimum absolute atomic E-state index is 0.0523. The summed E-state index contributed by atoms with van der Waals surface area (Å²) in [5, 5.41) is 11.0. The first-order chi connectivity index (χ1) is 9.49. The number of aromatic nitrogens is 1. The highest BCUT2D eigenvalue weighted by molar-refractivity contribution is 5.82. The summed E-state index contributed by atoms with van der Waals surface area (Å²) >= 11 is 0. The molecule has 0 saturated carbocycles. The van der Waals surface area contributed by atoms with E-state index < -0.39 is 4.92 Å². The summed E-state index contributed by atoms with van der Waals surface area (Å²) in [5.74, 6) is 0.247. The van der Waals surface area contributed by atoms with Gasteiger partial charge in [0.1, 0.15) is 5.82 Å². The monoisotopic (exact) mass is 279 g/mol. The minimum Gasteiger partial charge on any atom is -0.384 e. The lowest BCUT2D eigenvalue weighted by molar-refractivity contribution is -0.384. The molecule has 1 aromatic rings. The average molecular weight is 279 g/mol.